The maximum atomic E-state index is 12.1. The van der Waals surface area contributed by atoms with Crippen LogP contribution in [0.5, 0.6) is 0 Å². The van der Waals surface area contributed by atoms with Crippen LogP contribution in [0.2, 0.25) is 0 Å². The highest BCUT2D eigenvalue weighted by Gasteiger charge is 2.29. The minimum Gasteiger partial charge on any atom is -0.444 e. The molecule has 0 atom stereocenters. The fourth-order valence-corrected chi connectivity index (χ4v) is 3.08. The number of amides is 1. The van der Waals surface area contributed by atoms with Crippen LogP contribution in [0.1, 0.15) is 52.1 Å². The van der Waals surface area contributed by atoms with Crippen molar-refractivity contribution >= 4 is 6.09 Å². The molecule has 0 radical (unpaired) electrons. The van der Waals surface area contributed by atoms with Gasteiger partial charge in [-0.25, -0.2) is 4.79 Å². The van der Waals surface area contributed by atoms with Gasteiger partial charge in [-0.1, -0.05) is 0 Å². The second kappa shape index (κ2) is 7.39. The molecule has 1 saturated carbocycles. The van der Waals surface area contributed by atoms with Gasteiger partial charge in [-0.2, -0.15) is 0 Å². The number of carbonyl (C=O) groups excluding carboxylic acids is 1. The largest absolute Gasteiger partial charge is 0.444 e. The maximum Gasteiger partial charge on any atom is 0.410 e. The first-order valence-corrected chi connectivity index (χ1v) is 8.55. The molecule has 0 bridgehead atoms. The summed E-state index contributed by atoms with van der Waals surface area (Å²) in [6, 6.07) is 5.05. The Labute approximate surface area is 140 Å². The van der Waals surface area contributed by atoms with Gasteiger partial charge in [-0.05, 0) is 58.6 Å². The van der Waals surface area contributed by atoms with E-state index in [1.54, 1.807) is 4.90 Å². The molecule has 0 saturated heterocycles. The first-order valence-electron chi connectivity index (χ1n) is 8.55. The van der Waals surface area contributed by atoms with Crippen molar-refractivity contribution < 1.29 is 9.53 Å². The van der Waals surface area contributed by atoms with Crippen molar-refractivity contribution in [3.05, 3.63) is 24.0 Å². The van der Waals surface area contributed by atoms with Crippen LogP contribution in [-0.4, -0.2) is 40.3 Å². The summed E-state index contributed by atoms with van der Waals surface area (Å²) >= 11 is 0. The lowest BCUT2D eigenvalue weighted by atomic mass is 9.90. The predicted octanol–water partition coefficient (Wildman–Crippen LogP) is 3.29. The van der Waals surface area contributed by atoms with Gasteiger partial charge < -0.3 is 19.5 Å². The van der Waals surface area contributed by atoms with E-state index >= 15 is 0 Å². The Morgan fingerprint density at radius 1 is 1.35 bits per heavy atom. The zero-order valence-electron chi connectivity index (χ0n) is 15.1. The third kappa shape index (κ3) is 5.27. The minimum atomic E-state index is -0.431. The SMILES string of the molecule is CN(C(=O)OC(C)(C)C)C1CCC(NCc2cccn2C)CC1. The molecule has 1 aliphatic rings. The van der Waals surface area contributed by atoms with Crippen LogP contribution >= 0.6 is 0 Å². The monoisotopic (exact) mass is 321 g/mol. The number of nitrogens with one attached hydrogen (secondary N) is 1. The first kappa shape index (κ1) is 17.9. The maximum absolute atomic E-state index is 12.1. The molecule has 0 aliphatic heterocycles. The number of aryl methyl sites for hydroxylation is 1. The van der Waals surface area contributed by atoms with Crippen LogP contribution in [0.15, 0.2) is 18.3 Å². The fourth-order valence-electron chi connectivity index (χ4n) is 3.08. The highest BCUT2D eigenvalue weighted by molar-refractivity contribution is 5.68. The van der Waals surface area contributed by atoms with E-state index < -0.39 is 5.60 Å². The summed E-state index contributed by atoms with van der Waals surface area (Å²) in [5, 5.41) is 3.64. The Morgan fingerprint density at radius 3 is 2.52 bits per heavy atom. The average molecular weight is 321 g/mol. The first-order chi connectivity index (χ1) is 10.8. The minimum absolute atomic E-state index is 0.210. The molecule has 1 fully saturated rings. The molecule has 2 rings (SSSR count). The fraction of sp³-hybridized carbons (Fsp3) is 0.722. The summed E-state index contributed by atoms with van der Waals surface area (Å²) in [6.45, 7) is 6.62. The van der Waals surface area contributed by atoms with Gasteiger partial charge >= 0.3 is 6.09 Å². The Kier molecular flexibility index (Phi) is 5.74. The van der Waals surface area contributed by atoms with E-state index in [1.807, 2.05) is 27.8 Å². The Morgan fingerprint density at radius 2 is 2.00 bits per heavy atom. The summed E-state index contributed by atoms with van der Waals surface area (Å²) in [5.41, 5.74) is 0.872. The van der Waals surface area contributed by atoms with Crippen LogP contribution in [0.25, 0.3) is 0 Å². The topological polar surface area (TPSA) is 46.5 Å². The molecule has 1 heterocycles. The van der Waals surface area contributed by atoms with Gasteiger partial charge in [-0.15, -0.1) is 0 Å². The van der Waals surface area contributed by atoms with Gasteiger partial charge in [0, 0.05) is 44.6 Å². The second-order valence-electron chi connectivity index (χ2n) is 7.59. The number of rotatable bonds is 4. The van der Waals surface area contributed by atoms with Gasteiger partial charge in [-0.3, -0.25) is 0 Å². The number of hydrogen-bond acceptors (Lipinski definition) is 3. The summed E-state index contributed by atoms with van der Waals surface area (Å²) in [6.07, 6.45) is 6.12. The lowest BCUT2D eigenvalue weighted by molar-refractivity contribution is 0.0179. The molecular weight excluding hydrogens is 290 g/mol. The summed E-state index contributed by atoms with van der Waals surface area (Å²) in [5.74, 6) is 0. The quantitative estimate of drug-likeness (QED) is 0.925. The van der Waals surface area contributed by atoms with Crippen molar-refractivity contribution in [1.29, 1.82) is 0 Å². The zero-order chi connectivity index (χ0) is 17.0. The number of ether oxygens (including phenoxy) is 1. The van der Waals surface area contributed by atoms with Crippen molar-refractivity contribution in [2.45, 2.75) is 70.7 Å². The molecule has 1 aliphatic carbocycles. The van der Waals surface area contributed by atoms with E-state index in [2.05, 4.69) is 35.3 Å². The van der Waals surface area contributed by atoms with Crippen LogP contribution in [0.3, 0.4) is 0 Å². The molecule has 5 nitrogen and oxygen atoms in total. The van der Waals surface area contributed by atoms with Crippen molar-refractivity contribution in [3.8, 4) is 0 Å². The molecule has 0 spiro atoms. The van der Waals surface area contributed by atoms with E-state index in [0.717, 1.165) is 32.2 Å². The van der Waals surface area contributed by atoms with Gasteiger partial charge in [0.05, 0.1) is 0 Å². The second-order valence-corrected chi connectivity index (χ2v) is 7.59. The van der Waals surface area contributed by atoms with Crippen LogP contribution < -0.4 is 5.32 Å². The van der Waals surface area contributed by atoms with Crippen molar-refractivity contribution in [2.75, 3.05) is 7.05 Å². The average Bonchev–Trinajstić information content (AvgIpc) is 2.88. The van der Waals surface area contributed by atoms with Gasteiger partial charge in [0.1, 0.15) is 5.60 Å². The molecule has 5 heteroatoms. The molecule has 23 heavy (non-hydrogen) atoms. The summed E-state index contributed by atoms with van der Waals surface area (Å²) < 4.78 is 7.61. The molecular formula is C18H31N3O2. The van der Waals surface area contributed by atoms with Crippen LogP contribution in [-0.2, 0) is 18.3 Å². The summed E-state index contributed by atoms with van der Waals surface area (Å²) in [7, 11) is 3.93. The van der Waals surface area contributed by atoms with E-state index in [-0.39, 0.29) is 12.1 Å². The Hall–Kier alpha value is -1.49. The van der Waals surface area contributed by atoms with Crippen LogP contribution in [0.4, 0.5) is 4.79 Å². The van der Waals surface area contributed by atoms with E-state index in [9.17, 15) is 4.79 Å². The molecule has 1 aromatic rings. The smallest absolute Gasteiger partial charge is 0.410 e. The van der Waals surface area contributed by atoms with E-state index in [1.165, 1.54) is 5.69 Å². The van der Waals surface area contributed by atoms with Gasteiger partial charge in [0.2, 0.25) is 0 Å². The van der Waals surface area contributed by atoms with E-state index in [4.69, 9.17) is 4.74 Å². The molecule has 1 aromatic heterocycles. The predicted molar refractivity (Wildman–Crippen MR) is 92.3 cm³/mol. The van der Waals surface area contributed by atoms with Crippen molar-refractivity contribution in [2.24, 2.45) is 7.05 Å². The van der Waals surface area contributed by atoms with Crippen molar-refractivity contribution in [3.63, 3.8) is 0 Å². The third-order valence-electron chi connectivity index (χ3n) is 4.55. The lowest BCUT2D eigenvalue weighted by Crippen LogP contribution is -2.45. The Balaban J connectivity index is 1.75. The van der Waals surface area contributed by atoms with Gasteiger partial charge in [0.25, 0.3) is 0 Å². The third-order valence-corrected chi connectivity index (χ3v) is 4.55. The highest BCUT2D eigenvalue weighted by atomic mass is 16.6. The highest BCUT2D eigenvalue weighted by Crippen LogP contribution is 2.24. The van der Waals surface area contributed by atoms with Gasteiger partial charge in [0.15, 0.2) is 0 Å². The molecule has 130 valence electrons. The molecule has 0 unspecified atom stereocenters. The van der Waals surface area contributed by atoms with Crippen molar-refractivity contribution in [1.82, 2.24) is 14.8 Å². The number of aromatic nitrogens is 1. The Bertz CT molecular complexity index is 511. The number of hydrogen-bond donors (Lipinski definition) is 1. The standard InChI is InChI=1S/C18H31N3O2/c1-18(2,3)23-17(22)21(5)15-10-8-14(9-11-15)19-13-16-7-6-12-20(16)4/h6-7,12,14-15,19H,8-11,13H2,1-5H3. The number of nitrogens with zero attached hydrogens (tertiary/aromatic N) is 2. The molecule has 0 aromatic carbocycles. The lowest BCUT2D eigenvalue weighted by Gasteiger charge is -2.35. The number of carbonyl (C=O) groups is 1. The molecule has 1 amide bonds. The van der Waals surface area contributed by atoms with Crippen LogP contribution in [0, 0.1) is 0 Å². The van der Waals surface area contributed by atoms with E-state index in [0.29, 0.717) is 6.04 Å². The normalized spacial score (nSPS) is 22.0. The summed E-state index contributed by atoms with van der Waals surface area (Å²) in [4.78, 5) is 13.9. The molecule has 1 N–H and O–H groups in total. The zero-order valence-corrected chi connectivity index (χ0v) is 15.1.